The molecule has 0 spiro atoms. The van der Waals surface area contributed by atoms with Gasteiger partial charge in [-0.1, -0.05) is 11.6 Å². The SMILES string of the molecule is CNS(=O)(=O)c1ccc(C(=O)OCc2cc(C)ccc2OC)cc1. The minimum absolute atomic E-state index is 0.0697. The molecule has 0 aliphatic heterocycles. The average Bonchev–Trinajstić information content (AvgIpc) is 2.60. The summed E-state index contributed by atoms with van der Waals surface area (Å²) in [5, 5.41) is 0. The number of esters is 1. The van der Waals surface area contributed by atoms with Crippen LogP contribution in [0.3, 0.4) is 0 Å². The van der Waals surface area contributed by atoms with E-state index in [2.05, 4.69) is 4.72 Å². The van der Waals surface area contributed by atoms with Crippen LogP contribution in [0.25, 0.3) is 0 Å². The Morgan fingerprint density at radius 3 is 2.38 bits per heavy atom. The highest BCUT2D eigenvalue weighted by Crippen LogP contribution is 2.21. The van der Waals surface area contributed by atoms with Crippen LogP contribution in [0, 0.1) is 6.92 Å². The van der Waals surface area contributed by atoms with E-state index >= 15 is 0 Å². The Morgan fingerprint density at radius 1 is 1.12 bits per heavy atom. The summed E-state index contributed by atoms with van der Waals surface area (Å²) in [5.74, 6) is 0.107. The van der Waals surface area contributed by atoms with Crippen molar-refractivity contribution in [2.75, 3.05) is 14.2 Å². The maximum atomic E-state index is 12.1. The maximum Gasteiger partial charge on any atom is 0.338 e. The van der Waals surface area contributed by atoms with Crippen molar-refractivity contribution in [2.45, 2.75) is 18.4 Å². The van der Waals surface area contributed by atoms with E-state index in [1.165, 1.54) is 31.3 Å². The van der Waals surface area contributed by atoms with Gasteiger partial charge in [0.2, 0.25) is 10.0 Å². The number of carbonyl (C=O) groups is 1. The number of rotatable bonds is 6. The van der Waals surface area contributed by atoms with Crippen molar-refractivity contribution >= 4 is 16.0 Å². The lowest BCUT2D eigenvalue weighted by Gasteiger charge is -2.10. The molecule has 0 saturated carbocycles. The van der Waals surface area contributed by atoms with Crippen LogP contribution >= 0.6 is 0 Å². The van der Waals surface area contributed by atoms with Crippen molar-refractivity contribution in [2.24, 2.45) is 0 Å². The molecule has 24 heavy (non-hydrogen) atoms. The number of carbonyl (C=O) groups excluding carboxylic acids is 1. The lowest BCUT2D eigenvalue weighted by atomic mass is 10.1. The molecular weight excluding hydrogens is 330 g/mol. The molecule has 0 aliphatic carbocycles. The highest BCUT2D eigenvalue weighted by Gasteiger charge is 2.14. The number of hydrogen-bond acceptors (Lipinski definition) is 5. The normalized spacial score (nSPS) is 11.1. The molecular formula is C17H19NO5S. The fourth-order valence-corrected chi connectivity index (χ4v) is 2.86. The first-order valence-electron chi connectivity index (χ1n) is 7.21. The molecule has 0 saturated heterocycles. The molecule has 0 amide bonds. The van der Waals surface area contributed by atoms with Crippen molar-refractivity contribution in [1.29, 1.82) is 0 Å². The molecule has 0 heterocycles. The van der Waals surface area contributed by atoms with Gasteiger partial charge in [0.15, 0.2) is 0 Å². The van der Waals surface area contributed by atoms with E-state index in [0.717, 1.165) is 11.1 Å². The zero-order valence-electron chi connectivity index (χ0n) is 13.7. The number of benzene rings is 2. The lowest BCUT2D eigenvalue weighted by molar-refractivity contribution is 0.0470. The average molecular weight is 349 g/mol. The van der Waals surface area contributed by atoms with Crippen molar-refractivity contribution in [3.05, 3.63) is 59.2 Å². The summed E-state index contributed by atoms with van der Waals surface area (Å²) < 4.78 is 36.0. The Hall–Kier alpha value is -2.38. The predicted molar refractivity (Wildman–Crippen MR) is 89.5 cm³/mol. The standard InChI is InChI=1S/C17H19NO5S/c1-12-4-9-16(22-3)14(10-12)11-23-17(19)13-5-7-15(8-6-13)24(20,21)18-2/h4-10,18H,11H2,1-3H3. The van der Waals surface area contributed by atoms with Crippen LogP contribution in [0.2, 0.25) is 0 Å². The van der Waals surface area contributed by atoms with Crippen LogP contribution in [-0.2, 0) is 21.4 Å². The summed E-state index contributed by atoms with van der Waals surface area (Å²) in [7, 11) is -0.650. The maximum absolute atomic E-state index is 12.1. The lowest BCUT2D eigenvalue weighted by Crippen LogP contribution is -2.18. The second-order valence-corrected chi connectivity index (χ2v) is 7.01. The topological polar surface area (TPSA) is 81.7 Å². The Labute approximate surface area is 141 Å². The predicted octanol–water partition coefficient (Wildman–Crippen LogP) is 2.27. The zero-order valence-corrected chi connectivity index (χ0v) is 14.5. The monoisotopic (exact) mass is 349 g/mol. The Balaban J connectivity index is 2.09. The third-order valence-electron chi connectivity index (χ3n) is 3.46. The van der Waals surface area contributed by atoms with Gasteiger partial charge in [0.1, 0.15) is 12.4 Å². The number of sulfonamides is 1. The van der Waals surface area contributed by atoms with E-state index in [1.54, 1.807) is 7.11 Å². The summed E-state index contributed by atoms with van der Waals surface area (Å²) >= 11 is 0. The number of methoxy groups -OCH3 is 1. The number of nitrogens with one attached hydrogen (secondary N) is 1. The Morgan fingerprint density at radius 2 is 1.79 bits per heavy atom. The van der Waals surface area contributed by atoms with E-state index in [0.29, 0.717) is 5.75 Å². The van der Waals surface area contributed by atoms with Crippen LogP contribution in [0.15, 0.2) is 47.4 Å². The fraction of sp³-hybridized carbons (Fsp3) is 0.235. The van der Waals surface area contributed by atoms with Crippen molar-refractivity contribution in [1.82, 2.24) is 4.72 Å². The van der Waals surface area contributed by atoms with Crippen molar-refractivity contribution in [3.8, 4) is 5.75 Å². The third-order valence-corrected chi connectivity index (χ3v) is 4.89. The highest BCUT2D eigenvalue weighted by atomic mass is 32.2. The molecule has 1 N–H and O–H groups in total. The largest absolute Gasteiger partial charge is 0.496 e. The fourth-order valence-electron chi connectivity index (χ4n) is 2.13. The second kappa shape index (κ2) is 7.46. The smallest absolute Gasteiger partial charge is 0.338 e. The van der Waals surface area contributed by atoms with E-state index in [1.807, 2.05) is 25.1 Å². The second-order valence-electron chi connectivity index (χ2n) is 5.12. The molecule has 6 nitrogen and oxygen atoms in total. The molecule has 0 radical (unpaired) electrons. The van der Waals surface area contributed by atoms with Gasteiger partial charge in [0.25, 0.3) is 0 Å². The van der Waals surface area contributed by atoms with Crippen molar-refractivity contribution < 1.29 is 22.7 Å². The molecule has 2 rings (SSSR count). The van der Waals surface area contributed by atoms with Crippen LogP contribution in [0.1, 0.15) is 21.5 Å². The van der Waals surface area contributed by atoms with Crippen LogP contribution < -0.4 is 9.46 Å². The van der Waals surface area contributed by atoms with Gasteiger partial charge in [-0.25, -0.2) is 17.9 Å². The summed E-state index contributed by atoms with van der Waals surface area (Å²) in [5.41, 5.74) is 2.07. The minimum atomic E-state index is -3.53. The van der Waals surface area contributed by atoms with Crippen LogP contribution in [0.5, 0.6) is 5.75 Å². The summed E-state index contributed by atoms with van der Waals surface area (Å²) in [6, 6.07) is 11.2. The molecule has 2 aromatic rings. The number of ether oxygens (including phenoxy) is 2. The van der Waals surface area contributed by atoms with Gasteiger partial charge in [-0.3, -0.25) is 0 Å². The van der Waals surface area contributed by atoms with Gasteiger partial charge < -0.3 is 9.47 Å². The molecule has 0 aliphatic rings. The molecule has 0 fully saturated rings. The van der Waals surface area contributed by atoms with E-state index in [-0.39, 0.29) is 17.1 Å². The van der Waals surface area contributed by atoms with Gasteiger partial charge in [-0.15, -0.1) is 0 Å². The molecule has 0 aromatic heterocycles. The van der Waals surface area contributed by atoms with Crippen molar-refractivity contribution in [3.63, 3.8) is 0 Å². The molecule has 7 heteroatoms. The Bertz CT molecular complexity index is 829. The molecule has 2 aromatic carbocycles. The Kier molecular flexibility index (Phi) is 5.58. The van der Waals surface area contributed by atoms with E-state index in [4.69, 9.17) is 9.47 Å². The summed E-state index contributed by atoms with van der Waals surface area (Å²) in [6.45, 7) is 2.01. The van der Waals surface area contributed by atoms with Gasteiger partial charge in [-0.05, 0) is 50.4 Å². The van der Waals surface area contributed by atoms with Crippen LogP contribution in [-0.4, -0.2) is 28.5 Å². The van der Waals surface area contributed by atoms with Crippen LogP contribution in [0.4, 0.5) is 0 Å². The first kappa shape index (κ1) is 18.0. The highest BCUT2D eigenvalue weighted by molar-refractivity contribution is 7.89. The number of hydrogen-bond donors (Lipinski definition) is 1. The quantitative estimate of drug-likeness (QED) is 0.809. The van der Waals surface area contributed by atoms with Gasteiger partial charge >= 0.3 is 5.97 Å². The van der Waals surface area contributed by atoms with E-state index in [9.17, 15) is 13.2 Å². The van der Waals surface area contributed by atoms with Gasteiger partial charge in [0.05, 0.1) is 17.6 Å². The minimum Gasteiger partial charge on any atom is -0.496 e. The zero-order chi connectivity index (χ0) is 17.7. The molecule has 0 bridgehead atoms. The van der Waals surface area contributed by atoms with Gasteiger partial charge in [0, 0.05) is 5.56 Å². The molecule has 128 valence electrons. The first-order valence-corrected chi connectivity index (χ1v) is 8.70. The summed E-state index contributed by atoms with van der Waals surface area (Å²) in [4.78, 5) is 12.2. The number of aryl methyl sites for hydroxylation is 1. The molecule has 0 atom stereocenters. The first-order chi connectivity index (χ1) is 11.4. The van der Waals surface area contributed by atoms with E-state index < -0.39 is 16.0 Å². The molecule has 0 unspecified atom stereocenters. The third kappa shape index (κ3) is 4.12. The van der Waals surface area contributed by atoms with Gasteiger partial charge in [-0.2, -0.15) is 0 Å². The summed E-state index contributed by atoms with van der Waals surface area (Å²) in [6.07, 6.45) is 0.